The number of rotatable bonds is 8. The molecule has 1 atom stereocenters. The van der Waals surface area contributed by atoms with E-state index in [4.69, 9.17) is 4.74 Å². The summed E-state index contributed by atoms with van der Waals surface area (Å²) in [6.07, 6.45) is 4.19. The molecule has 0 saturated heterocycles. The monoisotopic (exact) mass is 411 g/mol. The fourth-order valence-corrected chi connectivity index (χ4v) is 4.11. The smallest absolute Gasteiger partial charge is 0.274 e. The quantitative estimate of drug-likeness (QED) is 0.570. The van der Waals surface area contributed by atoms with Crippen molar-refractivity contribution in [2.24, 2.45) is 0 Å². The SMILES string of the molecule is CN(C)CCN(Cc1cccs1)C(=O)c1cc2n(n1)C[C@@H](Oc1cccnc1)C2. The van der Waals surface area contributed by atoms with Crippen molar-refractivity contribution in [3.8, 4) is 5.75 Å². The third kappa shape index (κ3) is 4.83. The number of fused-ring (bicyclic) bond motifs is 1. The summed E-state index contributed by atoms with van der Waals surface area (Å²) in [6.45, 7) is 2.73. The Morgan fingerprint density at radius 1 is 1.31 bits per heavy atom. The molecule has 0 N–H and O–H groups in total. The van der Waals surface area contributed by atoms with Gasteiger partial charge in [-0.1, -0.05) is 6.07 Å². The number of carbonyl (C=O) groups excluding carboxylic acids is 1. The number of aromatic nitrogens is 3. The van der Waals surface area contributed by atoms with Crippen LogP contribution < -0.4 is 4.74 Å². The molecule has 0 radical (unpaired) electrons. The van der Waals surface area contributed by atoms with Gasteiger partial charge in [0.1, 0.15) is 11.9 Å². The number of amides is 1. The number of ether oxygens (including phenoxy) is 1. The van der Waals surface area contributed by atoms with Gasteiger partial charge in [-0.15, -0.1) is 11.3 Å². The average Bonchev–Trinajstić information content (AvgIpc) is 3.42. The molecule has 0 spiro atoms. The van der Waals surface area contributed by atoms with Crippen LogP contribution in [-0.2, 0) is 19.5 Å². The highest BCUT2D eigenvalue weighted by atomic mass is 32.1. The van der Waals surface area contributed by atoms with Gasteiger partial charge in [-0.25, -0.2) is 0 Å². The van der Waals surface area contributed by atoms with Crippen LogP contribution in [0.1, 0.15) is 21.1 Å². The molecule has 4 rings (SSSR count). The van der Waals surface area contributed by atoms with Gasteiger partial charge in [0.25, 0.3) is 5.91 Å². The van der Waals surface area contributed by atoms with E-state index in [2.05, 4.69) is 21.0 Å². The Hall–Kier alpha value is -2.71. The van der Waals surface area contributed by atoms with Gasteiger partial charge in [-0.2, -0.15) is 5.10 Å². The molecular formula is C21H25N5O2S. The van der Waals surface area contributed by atoms with Crippen molar-refractivity contribution in [3.63, 3.8) is 0 Å². The molecule has 1 aliphatic heterocycles. The van der Waals surface area contributed by atoms with Gasteiger partial charge < -0.3 is 14.5 Å². The maximum atomic E-state index is 13.2. The minimum atomic E-state index is -0.0214. The lowest BCUT2D eigenvalue weighted by atomic mass is 10.2. The molecule has 0 fully saturated rings. The maximum Gasteiger partial charge on any atom is 0.274 e. The Kier molecular flexibility index (Phi) is 5.92. The summed E-state index contributed by atoms with van der Waals surface area (Å²) in [4.78, 5) is 22.4. The molecule has 0 aliphatic carbocycles. The van der Waals surface area contributed by atoms with E-state index < -0.39 is 0 Å². The van der Waals surface area contributed by atoms with Crippen LogP contribution in [0.15, 0.2) is 48.1 Å². The summed E-state index contributed by atoms with van der Waals surface area (Å²) < 4.78 is 7.87. The Morgan fingerprint density at radius 2 is 2.21 bits per heavy atom. The zero-order chi connectivity index (χ0) is 20.2. The van der Waals surface area contributed by atoms with Gasteiger partial charge in [0.15, 0.2) is 5.69 Å². The van der Waals surface area contributed by atoms with Crippen LogP contribution in [0.5, 0.6) is 5.75 Å². The largest absolute Gasteiger partial charge is 0.486 e. The van der Waals surface area contributed by atoms with E-state index in [0.717, 1.165) is 24.4 Å². The van der Waals surface area contributed by atoms with Crippen LogP contribution in [0.2, 0.25) is 0 Å². The Balaban J connectivity index is 1.43. The minimum absolute atomic E-state index is 0.0156. The Morgan fingerprint density at radius 3 is 2.90 bits per heavy atom. The first-order valence-electron chi connectivity index (χ1n) is 9.68. The van der Waals surface area contributed by atoms with Gasteiger partial charge in [0.05, 0.1) is 19.3 Å². The molecule has 1 aliphatic rings. The van der Waals surface area contributed by atoms with Gasteiger partial charge in [-0.3, -0.25) is 14.5 Å². The molecule has 29 heavy (non-hydrogen) atoms. The van der Waals surface area contributed by atoms with Crippen LogP contribution in [0.3, 0.4) is 0 Å². The first-order chi connectivity index (χ1) is 14.1. The number of carbonyl (C=O) groups is 1. The first kappa shape index (κ1) is 19.6. The van der Waals surface area contributed by atoms with Crippen molar-refractivity contribution in [3.05, 3.63) is 64.4 Å². The third-order valence-corrected chi connectivity index (χ3v) is 5.73. The van der Waals surface area contributed by atoms with Crippen LogP contribution in [-0.4, -0.2) is 63.8 Å². The summed E-state index contributed by atoms with van der Waals surface area (Å²) in [7, 11) is 4.03. The van der Waals surface area contributed by atoms with Crippen LogP contribution in [0.25, 0.3) is 0 Å². The van der Waals surface area contributed by atoms with E-state index in [1.165, 1.54) is 4.88 Å². The van der Waals surface area contributed by atoms with Crippen LogP contribution >= 0.6 is 11.3 Å². The van der Waals surface area contributed by atoms with E-state index in [1.807, 2.05) is 53.3 Å². The molecule has 4 heterocycles. The maximum absolute atomic E-state index is 13.2. The predicted molar refractivity (Wildman–Crippen MR) is 112 cm³/mol. The van der Waals surface area contributed by atoms with E-state index in [9.17, 15) is 4.79 Å². The Labute approximate surface area is 174 Å². The number of hydrogen-bond acceptors (Lipinski definition) is 6. The first-order valence-corrected chi connectivity index (χ1v) is 10.6. The summed E-state index contributed by atoms with van der Waals surface area (Å²) >= 11 is 1.67. The Bertz CT molecular complexity index is 916. The standard InChI is InChI=1S/C21H25N5O2S/c1-24(2)8-9-25(15-19-6-4-10-29-19)21(27)20-12-16-11-18(14-26(16)23-20)28-17-5-3-7-22-13-17/h3-7,10,12-13,18H,8-9,11,14-15H2,1-2H3/t18-/m0/s1. The lowest BCUT2D eigenvalue weighted by molar-refractivity contribution is 0.0726. The summed E-state index contributed by atoms with van der Waals surface area (Å²) in [5, 5.41) is 6.62. The second kappa shape index (κ2) is 8.75. The van der Waals surface area contributed by atoms with Crippen molar-refractivity contribution < 1.29 is 9.53 Å². The van der Waals surface area contributed by atoms with E-state index in [-0.39, 0.29) is 12.0 Å². The summed E-state index contributed by atoms with van der Waals surface area (Å²) in [5.74, 6) is 0.734. The van der Waals surface area contributed by atoms with Gasteiger partial charge in [0, 0.05) is 36.3 Å². The van der Waals surface area contributed by atoms with Crippen molar-refractivity contribution in [2.75, 3.05) is 27.2 Å². The fraction of sp³-hybridized carbons (Fsp3) is 0.381. The zero-order valence-electron chi connectivity index (χ0n) is 16.7. The number of likely N-dealkylation sites (N-methyl/N-ethyl adjacent to an activating group) is 1. The number of nitrogens with zero attached hydrogens (tertiary/aromatic N) is 5. The molecule has 8 heteroatoms. The molecule has 152 valence electrons. The number of thiophene rings is 1. The molecule has 3 aromatic rings. The average molecular weight is 412 g/mol. The molecule has 0 saturated carbocycles. The molecule has 3 aromatic heterocycles. The highest BCUT2D eigenvalue weighted by Crippen LogP contribution is 2.22. The third-order valence-electron chi connectivity index (χ3n) is 4.86. The zero-order valence-corrected chi connectivity index (χ0v) is 17.5. The second-order valence-corrected chi connectivity index (χ2v) is 8.48. The van der Waals surface area contributed by atoms with Crippen LogP contribution in [0, 0.1) is 0 Å². The van der Waals surface area contributed by atoms with E-state index in [1.54, 1.807) is 23.7 Å². The molecule has 1 amide bonds. The van der Waals surface area contributed by atoms with E-state index >= 15 is 0 Å². The van der Waals surface area contributed by atoms with Crippen molar-refractivity contribution in [1.29, 1.82) is 0 Å². The van der Waals surface area contributed by atoms with E-state index in [0.29, 0.717) is 25.3 Å². The number of pyridine rings is 1. The molecule has 7 nitrogen and oxygen atoms in total. The van der Waals surface area contributed by atoms with Crippen molar-refractivity contribution in [2.45, 2.75) is 25.6 Å². The lowest BCUT2D eigenvalue weighted by Crippen LogP contribution is -2.36. The number of hydrogen-bond donors (Lipinski definition) is 0. The summed E-state index contributed by atoms with van der Waals surface area (Å²) in [5.41, 5.74) is 1.54. The molecular weight excluding hydrogens is 386 g/mol. The molecule has 0 aromatic carbocycles. The van der Waals surface area contributed by atoms with Crippen LogP contribution in [0.4, 0.5) is 0 Å². The minimum Gasteiger partial charge on any atom is -0.486 e. The lowest BCUT2D eigenvalue weighted by Gasteiger charge is -2.23. The highest BCUT2D eigenvalue weighted by molar-refractivity contribution is 7.09. The summed E-state index contributed by atoms with van der Waals surface area (Å²) in [6, 6.07) is 9.74. The molecule has 0 bridgehead atoms. The van der Waals surface area contributed by atoms with Gasteiger partial charge in [0.2, 0.25) is 0 Å². The second-order valence-electron chi connectivity index (χ2n) is 7.45. The highest BCUT2D eigenvalue weighted by Gasteiger charge is 2.28. The van der Waals surface area contributed by atoms with Crippen molar-refractivity contribution in [1.82, 2.24) is 24.6 Å². The van der Waals surface area contributed by atoms with Gasteiger partial charge >= 0.3 is 0 Å². The van der Waals surface area contributed by atoms with Crippen molar-refractivity contribution >= 4 is 17.2 Å². The normalized spacial score (nSPS) is 15.5. The predicted octanol–water partition coefficient (Wildman–Crippen LogP) is 2.55. The fourth-order valence-electron chi connectivity index (χ4n) is 3.39. The topological polar surface area (TPSA) is 63.5 Å². The molecule has 0 unspecified atom stereocenters. The van der Waals surface area contributed by atoms with Gasteiger partial charge in [-0.05, 0) is 43.7 Å².